The molecule has 1 atom stereocenters. The first-order valence-corrected chi connectivity index (χ1v) is 11.5. The molecule has 0 unspecified atom stereocenters. The average molecular weight is 486 g/mol. The highest BCUT2D eigenvalue weighted by Gasteiger charge is 2.28. The molecule has 2 N–H and O–H groups in total. The highest BCUT2D eigenvalue weighted by atomic mass is 19.1. The lowest BCUT2D eigenvalue weighted by Crippen LogP contribution is -2.47. The highest BCUT2D eigenvalue weighted by molar-refractivity contribution is 6.01. The summed E-state index contributed by atoms with van der Waals surface area (Å²) in [4.78, 5) is 25.5. The molecule has 10 heteroatoms. The number of aromatic nitrogens is 3. The summed E-state index contributed by atoms with van der Waals surface area (Å²) in [6.07, 6.45) is 3.76. The lowest BCUT2D eigenvalue weighted by atomic mass is 10.0. The van der Waals surface area contributed by atoms with Crippen LogP contribution < -0.4 is 10.6 Å². The first-order valence-electron chi connectivity index (χ1n) is 11.5. The number of benzene rings is 2. The van der Waals surface area contributed by atoms with E-state index in [1.54, 1.807) is 13.8 Å². The molecule has 4 rings (SSSR count). The van der Waals surface area contributed by atoms with Gasteiger partial charge >= 0.3 is 0 Å². The van der Waals surface area contributed by atoms with Gasteiger partial charge in [-0.15, -0.1) is 10.2 Å². The molecule has 1 aliphatic rings. The van der Waals surface area contributed by atoms with Crippen molar-refractivity contribution in [2.75, 3.05) is 5.32 Å². The largest absolute Gasteiger partial charge is 0.340 e. The number of hydrogen-bond donors (Lipinski definition) is 2. The van der Waals surface area contributed by atoms with Crippen molar-refractivity contribution in [3.8, 4) is 11.4 Å². The minimum atomic E-state index is -1.10. The van der Waals surface area contributed by atoms with E-state index in [1.807, 2.05) is 4.57 Å². The van der Waals surface area contributed by atoms with Crippen LogP contribution in [0.1, 0.15) is 49.3 Å². The molecule has 0 radical (unpaired) electrons. The second-order valence-corrected chi connectivity index (χ2v) is 8.88. The van der Waals surface area contributed by atoms with E-state index in [0.29, 0.717) is 12.4 Å². The Morgan fingerprint density at radius 1 is 0.971 bits per heavy atom. The third-order valence-corrected chi connectivity index (χ3v) is 6.01. The maximum atomic E-state index is 14.7. The fourth-order valence-corrected chi connectivity index (χ4v) is 4.14. The summed E-state index contributed by atoms with van der Waals surface area (Å²) in [6.45, 7) is 4.05. The maximum absolute atomic E-state index is 14.7. The average Bonchev–Trinajstić information content (AvgIpc) is 3.05. The molecule has 184 valence electrons. The van der Waals surface area contributed by atoms with Crippen LogP contribution in [-0.2, 0) is 17.8 Å². The predicted octanol–water partition coefficient (Wildman–Crippen LogP) is 4.48. The van der Waals surface area contributed by atoms with E-state index in [-0.39, 0.29) is 11.3 Å². The predicted molar refractivity (Wildman–Crippen MR) is 124 cm³/mol. The number of hydrogen-bond acceptors (Lipinski definition) is 4. The van der Waals surface area contributed by atoms with Crippen molar-refractivity contribution in [2.45, 2.75) is 52.1 Å². The van der Waals surface area contributed by atoms with Gasteiger partial charge in [0.15, 0.2) is 5.82 Å². The highest BCUT2D eigenvalue weighted by Crippen LogP contribution is 2.28. The lowest BCUT2D eigenvalue weighted by molar-refractivity contribution is -0.118. The van der Waals surface area contributed by atoms with Crippen molar-refractivity contribution < 1.29 is 22.8 Å². The molecule has 2 amide bonds. The van der Waals surface area contributed by atoms with Gasteiger partial charge in [-0.2, -0.15) is 0 Å². The molecule has 0 saturated carbocycles. The standard InChI is InChI=1S/C25H26F3N5O2/c1-14(2)22(30-24(34)21-18(27)7-6-8-19(21)28)25(35)29-15-10-11-17(26)16(13-15)23-32-31-20-9-4-3-5-12-33(20)23/h6-8,10-11,13-14,22H,3-5,9,12H2,1-2H3,(H,29,35)(H,30,34)/t22-/m0/s1. The van der Waals surface area contributed by atoms with Crippen LogP contribution in [0.5, 0.6) is 0 Å². The molecule has 0 bridgehead atoms. The number of aryl methyl sites for hydroxylation is 1. The summed E-state index contributed by atoms with van der Waals surface area (Å²) in [5.74, 6) is -3.43. The zero-order valence-corrected chi connectivity index (χ0v) is 19.4. The van der Waals surface area contributed by atoms with Crippen LogP contribution in [-0.4, -0.2) is 32.6 Å². The van der Waals surface area contributed by atoms with Crippen molar-refractivity contribution in [1.29, 1.82) is 0 Å². The van der Waals surface area contributed by atoms with Crippen LogP contribution in [0.15, 0.2) is 36.4 Å². The normalized spacial score (nSPS) is 14.2. The van der Waals surface area contributed by atoms with Gasteiger partial charge in [-0.05, 0) is 49.1 Å². The van der Waals surface area contributed by atoms with E-state index in [0.717, 1.165) is 49.7 Å². The number of anilines is 1. The van der Waals surface area contributed by atoms with Gasteiger partial charge in [0.2, 0.25) is 5.91 Å². The third kappa shape index (κ3) is 5.21. The summed E-state index contributed by atoms with van der Waals surface area (Å²) in [7, 11) is 0. The molecular weight excluding hydrogens is 459 g/mol. The number of halogens is 3. The molecule has 0 spiro atoms. The Morgan fingerprint density at radius 3 is 2.43 bits per heavy atom. The third-order valence-electron chi connectivity index (χ3n) is 6.01. The smallest absolute Gasteiger partial charge is 0.257 e. The van der Waals surface area contributed by atoms with Crippen molar-refractivity contribution in [1.82, 2.24) is 20.1 Å². The van der Waals surface area contributed by atoms with Crippen molar-refractivity contribution in [3.05, 3.63) is 65.2 Å². The topological polar surface area (TPSA) is 88.9 Å². The number of amides is 2. The SMILES string of the molecule is CC(C)[C@H](NC(=O)c1c(F)cccc1F)C(=O)Nc1ccc(F)c(-c2nnc3n2CCCCC3)c1. The van der Waals surface area contributed by atoms with Gasteiger partial charge < -0.3 is 15.2 Å². The molecule has 1 aromatic heterocycles. The van der Waals surface area contributed by atoms with Crippen molar-refractivity contribution >= 4 is 17.5 Å². The molecule has 1 aliphatic heterocycles. The Hall–Kier alpha value is -3.69. The Morgan fingerprint density at radius 2 is 1.71 bits per heavy atom. The maximum Gasteiger partial charge on any atom is 0.257 e. The first-order chi connectivity index (χ1) is 16.8. The second kappa shape index (κ2) is 10.3. The van der Waals surface area contributed by atoms with Crippen LogP contribution in [0.4, 0.5) is 18.9 Å². The minimum absolute atomic E-state index is 0.196. The molecule has 0 aliphatic carbocycles. The van der Waals surface area contributed by atoms with Gasteiger partial charge in [-0.3, -0.25) is 9.59 Å². The Labute approximate surface area is 200 Å². The summed E-state index contributed by atoms with van der Waals surface area (Å²) in [6, 6.07) is 6.06. The fourth-order valence-electron chi connectivity index (χ4n) is 4.14. The van der Waals surface area contributed by atoms with E-state index in [4.69, 9.17) is 0 Å². The van der Waals surface area contributed by atoms with Crippen LogP contribution >= 0.6 is 0 Å². The fraction of sp³-hybridized carbons (Fsp3) is 0.360. The Bertz CT molecular complexity index is 1240. The molecule has 3 aromatic rings. The summed E-state index contributed by atoms with van der Waals surface area (Å²) < 4.78 is 44.7. The number of fused-ring (bicyclic) bond motifs is 1. The van der Waals surface area contributed by atoms with Crippen LogP contribution in [0, 0.1) is 23.4 Å². The van der Waals surface area contributed by atoms with Gasteiger partial charge in [0.25, 0.3) is 5.91 Å². The van der Waals surface area contributed by atoms with E-state index in [1.165, 1.54) is 18.2 Å². The number of nitrogens with one attached hydrogen (secondary N) is 2. The summed E-state index contributed by atoms with van der Waals surface area (Å²) >= 11 is 0. The zero-order chi connectivity index (χ0) is 25.1. The monoisotopic (exact) mass is 485 g/mol. The minimum Gasteiger partial charge on any atom is -0.340 e. The summed E-state index contributed by atoms with van der Waals surface area (Å²) in [5, 5.41) is 13.4. The summed E-state index contributed by atoms with van der Waals surface area (Å²) in [5.41, 5.74) is -0.279. The van der Waals surface area contributed by atoms with Gasteiger partial charge in [0.05, 0.1) is 5.56 Å². The number of rotatable bonds is 6. The van der Waals surface area contributed by atoms with Crippen LogP contribution in [0.25, 0.3) is 11.4 Å². The van der Waals surface area contributed by atoms with Gasteiger partial charge in [0.1, 0.15) is 34.9 Å². The lowest BCUT2D eigenvalue weighted by Gasteiger charge is -2.22. The van der Waals surface area contributed by atoms with Gasteiger partial charge in [-0.1, -0.05) is 26.3 Å². The van der Waals surface area contributed by atoms with Gasteiger partial charge in [-0.25, -0.2) is 13.2 Å². The number of carbonyl (C=O) groups is 2. The molecule has 35 heavy (non-hydrogen) atoms. The van der Waals surface area contributed by atoms with E-state index in [2.05, 4.69) is 20.8 Å². The molecule has 7 nitrogen and oxygen atoms in total. The molecule has 2 aromatic carbocycles. The van der Waals surface area contributed by atoms with Crippen molar-refractivity contribution in [2.24, 2.45) is 5.92 Å². The second-order valence-electron chi connectivity index (χ2n) is 8.88. The zero-order valence-electron chi connectivity index (χ0n) is 19.4. The quantitative estimate of drug-likeness (QED) is 0.539. The van der Waals surface area contributed by atoms with Crippen molar-refractivity contribution in [3.63, 3.8) is 0 Å². The molecular formula is C25H26F3N5O2. The molecule has 0 saturated heterocycles. The van der Waals surface area contributed by atoms with E-state index < -0.39 is 46.8 Å². The Kier molecular flexibility index (Phi) is 7.18. The van der Waals surface area contributed by atoms with Crippen LogP contribution in [0.3, 0.4) is 0 Å². The van der Waals surface area contributed by atoms with E-state index in [9.17, 15) is 22.8 Å². The molecule has 0 fully saturated rings. The first kappa shape index (κ1) is 24.4. The molecule has 2 heterocycles. The van der Waals surface area contributed by atoms with Crippen LogP contribution in [0.2, 0.25) is 0 Å². The Balaban J connectivity index is 1.56. The number of nitrogens with zero attached hydrogens (tertiary/aromatic N) is 3. The number of carbonyl (C=O) groups excluding carboxylic acids is 2. The van der Waals surface area contributed by atoms with Gasteiger partial charge in [0, 0.05) is 18.7 Å². The van der Waals surface area contributed by atoms with E-state index >= 15 is 0 Å².